The topological polar surface area (TPSA) is 93.0 Å². The molecule has 4 heterocycles. The summed E-state index contributed by atoms with van der Waals surface area (Å²) in [4.78, 5) is 12.5. The van der Waals surface area contributed by atoms with Crippen molar-refractivity contribution in [1.82, 2.24) is 29.5 Å². The number of pyridine rings is 1. The lowest BCUT2D eigenvalue weighted by Crippen LogP contribution is -2.29. The first-order valence-corrected chi connectivity index (χ1v) is 9.23. The van der Waals surface area contributed by atoms with Gasteiger partial charge in [-0.3, -0.25) is 4.40 Å². The van der Waals surface area contributed by atoms with Crippen LogP contribution in [0.2, 0.25) is 0 Å². The number of H-pyrrole nitrogens is 1. The van der Waals surface area contributed by atoms with Crippen molar-refractivity contribution in [3.8, 4) is 11.1 Å². The molecule has 138 valence electrons. The van der Waals surface area contributed by atoms with Crippen molar-refractivity contribution in [3.63, 3.8) is 0 Å². The van der Waals surface area contributed by atoms with E-state index in [1.165, 1.54) is 0 Å². The molecular formula is C19H21N7O. The van der Waals surface area contributed by atoms with E-state index in [4.69, 9.17) is 4.74 Å². The standard InChI is InChI=1S/C19H21N7O/c1-27-14-5-3-13(4-6-14)23-19-21-9-16-15(8-20-18(16)24-19)12-2-7-17-25-22-11-26(17)10-12/h2,7-11,13-14H,3-6H2,1H3,(H2,20,21,23,24). The van der Waals surface area contributed by atoms with Gasteiger partial charge in [0.2, 0.25) is 5.95 Å². The molecule has 0 aliphatic heterocycles. The highest BCUT2D eigenvalue weighted by atomic mass is 16.5. The van der Waals surface area contributed by atoms with E-state index in [0.29, 0.717) is 18.1 Å². The highest BCUT2D eigenvalue weighted by molar-refractivity contribution is 5.93. The molecule has 4 aromatic heterocycles. The van der Waals surface area contributed by atoms with Crippen molar-refractivity contribution < 1.29 is 4.74 Å². The average molecular weight is 363 g/mol. The molecule has 5 rings (SSSR count). The van der Waals surface area contributed by atoms with E-state index >= 15 is 0 Å². The Morgan fingerprint density at radius 1 is 1.22 bits per heavy atom. The summed E-state index contributed by atoms with van der Waals surface area (Å²) in [5.74, 6) is 0.672. The van der Waals surface area contributed by atoms with Gasteiger partial charge in [0.1, 0.15) is 12.0 Å². The first-order valence-electron chi connectivity index (χ1n) is 9.23. The maximum absolute atomic E-state index is 5.44. The second-order valence-electron chi connectivity index (χ2n) is 7.03. The molecule has 0 unspecified atom stereocenters. The Kier molecular flexibility index (Phi) is 3.97. The fraction of sp³-hybridized carbons (Fsp3) is 0.368. The summed E-state index contributed by atoms with van der Waals surface area (Å²) in [7, 11) is 1.79. The number of methoxy groups -OCH3 is 1. The van der Waals surface area contributed by atoms with Crippen LogP contribution in [0.5, 0.6) is 0 Å². The summed E-state index contributed by atoms with van der Waals surface area (Å²) in [5.41, 5.74) is 3.78. The number of nitrogens with one attached hydrogen (secondary N) is 2. The molecule has 0 radical (unpaired) electrons. The van der Waals surface area contributed by atoms with Crippen LogP contribution in [0, 0.1) is 0 Å². The molecule has 0 amide bonds. The summed E-state index contributed by atoms with van der Waals surface area (Å²) in [5, 5.41) is 12.4. The van der Waals surface area contributed by atoms with Gasteiger partial charge >= 0.3 is 0 Å². The second kappa shape index (κ2) is 6.62. The molecule has 0 aromatic carbocycles. The zero-order valence-corrected chi connectivity index (χ0v) is 15.1. The molecule has 27 heavy (non-hydrogen) atoms. The van der Waals surface area contributed by atoms with Crippen molar-refractivity contribution in [1.29, 1.82) is 0 Å². The van der Waals surface area contributed by atoms with Crippen LogP contribution >= 0.6 is 0 Å². The lowest BCUT2D eigenvalue weighted by atomic mass is 9.93. The Hall–Kier alpha value is -3.00. The fourth-order valence-electron chi connectivity index (χ4n) is 3.83. The molecule has 0 spiro atoms. The van der Waals surface area contributed by atoms with Gasteiger partial charge in [0.05, 0.1) is 6.10 Å². The number of ether oxygens (including phenoxy) is 1. The molecule has 0 saturated heterocycles. The maximum Gasteiger partial charge on any atom is 0.224 e. The van der Waals surface area contributed by atoms with Crippen LogP contribution in [0.15, 0.2) is 37.1 Å². The van der Waals surface area contributed by atoms with Crippen molar-refractivity contribution in [2.45, 2.75) is 37.8 Å². The normalized spacial score (nSPS) is 20.3. The largest absolute Gasteiger partial charge is 0.381 e. The summed E-state index contributed by atoms with van der Waals surface area (Å²) >= 11 is 0. The predicted octanol–water partition coefficient (Wildman–Crippen LogP) is 3.04. The van der Waals surface area contributed by atoms with Crippen LogP contribution in [0.4, 0.5) is 5.95 Å². The lowest BCUT2D eigenvalue weighted by molar-refractivity contribution is 0.0681. The van der Waals surface area contributed by atoms with E-state index in [-0.39, 0.29) is 0 Å². The average Bonchev–Trinajstić information content (AvgIpc) is 3.34. The minimum absolute atomic E-state index is 0.389. The zero-order chi connectivity index (χ0) is 18.2. The first-order chi connectivity index (χ1) is 13.3. The second-order valence-corrected chi connectivity index (χ2v) is 7.03. The molecule has 4 aromatic rings. The van der Waals surface area contributed by atoms with E-state index in [2.05, 4.69) is 30.5 Å². The molecule has 1 saturated carbocycles. The Bertz CT molecular complexity index is 1080. The molecule has 1 aliphatic rings. The molecular weight excluding hydrogens is 342 g/mol. The van der Waals surface area contributed by atoms with Gasteiger partial charge in [0.25, 0.3) is 0 Å². The predicted molar refractivity (Wildman–Crippen MR) is 103 cm³/mol. The van der Waals surface area contributed by atoms with Gasteiger partial charge in [-0.25, -0.2) is 4.98 Å². The number of aromatic nitrogens is 6. The third kappa shape index (κ3) is 3.02. The summed E-state index contributed by atoms with van der Waals surface area (Å²) in [6.07, 6.45) is 12.3. The van der Waals surface area contributed by atoms with E-state index < -0.39 is 0 Å². The molecule has 2 N–H and O–H groups in total. The summed E-state index contributed by atoms with van der Waals surface area (Å²) in [6.45, 7) is 0. The number of anilines is 1. The highest BCUT2D eigenvalue weighted by Gasteiger charge is 2.21. The van der Waals surface area contributed by atoms with Crippen molar-refractivity contribution >= 4 is 22.6 Å². The van der Waals surface area contributed by atoms with Crippen LogP contribution in [0.25, 0.3) is 27.8 Å². The van der Waals surface area contributed by atoms with Crippen LogP contribution in [0.1, 0.15) is 25.7 Å². The quantitative estimate of drug-likeness (QED) is 0.579. The summed E-state index contributed by atoms with van der Waals surface area (Å²) in [6, 6.07) is 4.39. The Morgan fingerprint density at radius 3 is 2.96 bits per heavy atom. The minimum atomic E-state index is 0.389. The molecule has 1 aliphatic carbocycles. The van der Waals surface area contributed by atoms with Crippen LogP contribution in [-0.2, 0) is 4.74 Å². The summed E-state index contributed by atoms with van der Waals surface area (Å²) < 4.78 is 7.34. The third-order valence-electron chi connectivity index (χ3n) is 5.37. The first kappa shape index (κ1) is 16.2. The maximum atomic E-state index is 5.44. The van der Waals surface area contributed by atoms with Crippen LogP contribution < -0.4 is 5.32 Å². The minimum Gasteiger partial charge on any atom is -0.381 e. The molecule has 8 heteroatoms. The highest BCUT2D eigenvalue weighted by Crippen LogP contribution is 2.28. The van der Waals surface area contributed by atoms with Gasteiger partial charge in [-0.05, 0) is 37.8 Å². The van der Waals surface area contributed by atoms with E-state index in [9.17, 15) is 0 Å². The Labute approximate surface area is 156 Å². The zero-order valence-electron chi connectivity index (χ0n) is 15.1. The van der Waals surface area contributed by atoms with Crippen molar-refractivity contribution in [2.24, 2.45) is 0 Å². The van der Waals surface area contributed by atoms with Gasteiger partial charge in [0, 0.05) is 48.3 Å². The van der Waals surface area contributed by atoms with Gasteiger partial charge in [-0.2, -0.15) is 4.98 Å². The number of nitrogens with zero attached hydrogens (tertiary/aromatic N) is 5. The number of fused-ring (bicyclic) bond motifs is 2. The van der Waals surface area contributed by atoms with E-state index in [1.54, 1.807) is 13.4 Å². The van der Waals surface area contributed by atoms with Gasteiger partial charge < -0.3 is 15.0 Å². The SMILES string of the molecule is COC1CCC(Nc2ncc3c(-c4ccc5nncn5c4)c[nH]c3n2)CC1. The fourth-order valence-corrected chi connectivity index (χ4v) is 3.83. The number of aromatic amines is 1. The molecule has 0 atom stereocenters. The number of hydrogen-bond acceptors (Lipinski definition) is 6. The monoisotopic (exact) mass is 363 g/mol. The van der Waals surface area contributed by atoms with Crippen LogP contribution in [-0.4, -0.2) is 48.8 Å². The van der Waals surface area contributed by atoms with Gasteiger partial charge in [-0.1, -0.05) is 0 Å². The third-order valence-corrected chi connectivity index (χ3v) is 5.37. The number of hydrogen-bond donors (Lipinski definition) is 2. The molecule has 0 bridgehead atoms. The van der Waals surface area contributed by atoms with Gasteiger partial charge in [0.15, 0.2) is 5.65 Å². The lowest BCUT2D eigenvalue weighted by Gasteiger charge is -2.28. The van der Waals surface area contributed by atoms with Crippen LogP contribution in [0.3, 0.4) is 0 Å². The molecule has 8 nitrogen and oxygen atoms in total. The molecule has 1 fully saturated rings. The number of rotatable bonds is 4. The Morgan fingerprint density at radius 2 is 2.11 bits per heavy atom. The van der Waals surface area contributed by atoms with E-state index in [1.807, 2.05) is 35.1 Å². The van der Waals surface area contributed by atoms with Gasteiger partial charge in [-0.15, -0.1) is 10.2 Å². The van der Waals surface area contributed by atoms with Crippen molar-refractivity contribution in [2.75, 3.05) is 12.4 Å². The van der Waals surface area contributed by atoms with Crippen molar-refractivity contribution in [3.05, 3.63) is 37.1 Å². The van der Waals surface area contributed by atoms with E-state index in [0.717, 1.165) is 53.5 Å². The smallest absolute Gasteiger partial charge is 0.224 e. The Balaban J connectivity index is 1.39.